The Labute approximate surface area is 86.0 Å². The average Bonchev–Trinajstić information content (AvgIpc) is 2.16. The predicted molar refractivity (Wildman–Crippen MR) is 66.2 cm³/mol. The monoisotopic (exact) mass is 200 g/mol. The van der Waals surface area contributed by atoms with Crippen LogP contribution in [-0.4, -0.2) is 12.3 Å². The van der Waals surface area contributed by atoms with Crippen molar-refractivity contribution in [2.45, 2.75) is 52.4 Å². The molecule has 0 aliphatic rings. The van der Waals surface area contributed by atoms with Crippen molar-refractivity contribution in [3.8, 4) is 0 Å². The fourth-order valence-corrected chi connectivity index (χ4v) is 2.46. The maximum Gasteiger partial charge on any atom is -0.0347 e. The molecule has 0 N–H and O–H groups in total. The Morgan fingerprint density at radius 1 is 0.923 bits per heavy atom. The normalized spacial score (nSPS) is 12.2. The molecular weight excluding hydrogens is 175 g/mol. The first-order valence-electron chi connectivity index (χ1n) is 5.77. The zero-order chi connectivity index (χ0) is 9.78. The molecule has 0 aromatic rings. The number of allylic oxidation sites excluding steroid dienone is 2. The minimum absolute atomic E-state index is 1.19. The Morgan fingerprint density at radius 3 is 2.38 bits per heavy atom. The van der Waals surface area contributed by atoms with E-state index >= 15 is 0 Å². The first kappa shape index (κ1) is 13.2. The zero-order valence-corrected chi connectivity index (χ0v) is 10.3. The van der Waals surface area contributed by atoms with Crippen LogP contribution in [0.5, 0.6) is 0 Å². The molecular formula is C12H25P. The van der Waals surface area contributed by atoms with Crippen molar-refractivity contribution in [2.75, 3.05) is 12.3 Å². The van der Waals surface area contributed by atoms with E-state index in [2.05, 4.69) is 26.0 Å². The van der Waals surface area contributed by atoms with Crippen LogP contribution in [-0.2, 0) is 0 Å². The molecule has 0 radical (unpaired) electrons. The molecule has 0 amide bonds. The molecule has 0 aliphatic heterocycles. The van der Waals surface area contributed by atoms with Gasteiger partial charge in [-0.2, -0.15) is 0 Å². The van der Waals surface area contributed by atoms with Crippen molar-refractivity contribution in [1.82, 2.24) is 0 Å². The lowest BCUT2D eigenvalue weighted by atomic mass is 10.3. The minimum atomic E-state index is 1.19. The summed E-state index contributed by atoms with van der Waals surface area (Å²) in [6, 6.07) is 0. The molecule has 0 heterocycles. The number of hydrogen-bond donors (Lipinski definition) is 0. The highest BCUT2D eigenvalue weighted by Gasteiger charge is 1.88. The summed E-state index contributed by atoms with van der Waals surface area (Å²) in [7, 11) is 1.22. The summed E-state index contributed by atoms with van der Waals surface area (Å²) < 4.78 is 0. The van der Waals surface area contributed by atoms with Crippen LogP contribution in [0.15, 0.2) is 12.2 Å². The molecule has 78 valence electrons. The van der Waals surface area contributed by atoms with Gasteiger partial charge in [-0.25, -0.2) is 0 Å². The molecule has 0 nitrogen and oxygen atoms in total. The molecule has 0 aromatic heterocycles. The molecule has 0 rings (SSSR count). The molecule has 0 aliphatic carbocycles. The van der Waals surface area contributed by atoms with Crippen molar-refractivity contribution >= 4 is 8.58 Å². The topological polar surface area (TPSA) is 0 Å². The van der Waals surface area contributed by atoms with E-state index in [1.54, 1.807) is 0 Å². The van der Waals surface area contributed by atoms with Crippen LogP contribution in [0.25, 0.3) is 0 Å². The first-order valence-corrected chi connectivity index (χ1v) is 7.19. The van der Waals surface area contributed by atoms with Gasteiger partial charge >= 0.3 is 0 Å². The van der Waals surface area contributed by atoms with E-state index in [0.717, 1.165) is 0 Å². The van der Waals surface area contributed by atoms with Gasteiger partial charge in [-0.15, -0.1) is 8.58 Å². The fraction of sp³-hybridized carbons (Fsp3) is 0.833. The van der Waals surface area contributed by atoms with Crippen LogP contribution in [0.1, 0.15) is 52.4 Å². The van der Waals surface area contributed by atoms with Gasteiger partial charge in [-0.1, -0.05) is 38.8 Å². The van der Waals surface area contributed by atoms with Crippen LogP contribution in [0, 0.1) is 0 Å². The Balaban J connectivity index is 2.87. The van der Waals surface area contributed by atoms with Gasteiger partial charge in [0, 0.05) is 0 Å². The van der Waals surface area contributed by atoms with Crippen LogP contribution in [0.4, 0.5) is 0 Å². The minimum Gasteiger partial charge on any atom is -0.122 e. The lowest BCUT2D eigenvalue weighted by molar-refractivity contribution is 0.776. The number of rotatable bonds is 9. The molecule has 13 heavy (non-hydrogen) atoms. The molecule has 0 saturated carbocycles. The average molecular weight is 200 g/mol. The summed E-state index contributed by atoms with van der Waals surface area (Å²) in [5.74, 6) is 0. The molecule has 1 atom stereocenters. The van der Waals surface area contributed by atoms with Crippen molar-refractivity contribution in [3.63, 3.8) is 0 Å². The molecule has 1 unspecified atom stereocenters. The van der Waals surface area contributed by atoms with Crippen molar-refractivity contribution in [2.24, 2.45) is 0 Å². The Kier molecular flexibility index (Phi) is 12.3. The van der Waals surface area contributed by atoms with Gasteiger partial charge < -0.3 is 0 Å². The standard InChI is InChI=1S/C12H25P/c1-3-5-7-8-10-12-13-11-9-6-4-2/h5,7,13H,3-4,6,8-12H2,1-2H3. The van der Waals surface area contributed by atoms with Gasteiger partial charge in [-0.05, 0) is 38.0 Å². The summed E-state index contributed by atoms with van der Waals surface area (Å²) >= 11 is 0. The predicted octanol–water partition coefficient (Wildman–Crippen LogP) is 4.60. The lowest BCUT2D eigenvalue weighted by Gasteiger charge is -1.99. The number of hydrogen-bond acceptors (Lipinski definition) is 0. The maximum atomic E-state index is 2.33. The fourth-order valence-electron chi connectivity index (χ4n) is 1.25. The van der Waals surface area contributed by atoms with Crippen LogP contribution in [0.3, 0.4) is 0 Å². The second kappa shape index (κ2) is 12.2. The largest absolute Gasteiger partial charge is 0.122 e. The van der Waals surface area contributed by atoms with Gasteiger partial charge in [-0.3, -0.25) is 0 Å². The summed E-state index contributed by atoms with van der Waals surface area (Å²) in [5.41, 5.74) is 0. The summed E-state index contributed by atoms with van der Waals surface area (Å²) in [6.07, 6.45) is 15.7. The summed E-state index contributed by atoms with van der Waals surface area (Å²) in [5, 5.41) is 0. The van der Waals surface area contributed by atoms with Gasteiger partial charge in [0.05, 0.1) is 0 Å². The Hall–Kier alpha value is 0.170. The van der Waals surface area contributed by atoms with E-state index in [1.807, 2.05) is 0 Å². The SMILES string of the molecule is CCC=CCCCPCCCCC. The second-order valence-corrected chi connectivity index (χ2v) is 4.98. The number of unbranched alkanes of at least 4 members (excludes halogenated alkanes) is 3. The van der Waals surface area contributed by atoms with Crippen molar-refractivity contribution in [3.05, 3.63) is 12.2 Å². The first-order chi connectivity index (χ1) is 6.41. The van der Waals surface area contributed by atoms with Crippen molar-refractivity contribution < 1.29 is 0 Å². The highest BCUT2D eigenvalue weighted by Crippen LogP contribution is 2.15. The molecule has 0 fully saturated rings. The van der Waals surface area contributed by atoms with E-state index in [4.69, 9.17) is 0 Å². The maximum absolute atomic E-state index is 2.33. The third kappa shape index (κ3) is 12.2. The Morgan fingerprint density at radius 2 is 1.69 bits per heavy atom. The quantitative estimate of drug-likeness (QED) is 0.290. The highest BCUT2D eigenvalue weighted by molar-refractivity contribution is 7.37. The molecule has 0 aromatic carbocycles. The summed E-state index contributed by atoms with van der Waals surface area (Å²) in [4.78, 5) is 0. The van der Waals surface area contributed by atoms with E-state index in [-0.39, 0.29) is 0 Å². The third-order valence-corrected chi connectivity index (χ3v) is 3.50. The van der Waals surface area contributed by atoms with E-state index in [0.29, 0.717) is 0 Å². The van der Waals surface area contributed by atoms with Gasteiger partial charge in [0.1, 0.15) is 0 Å². The van der Waals surface area contributed by atoms with Crippen LogP contribution < -0.4 is 0 Å². The zero-order valence-electron chi connectivity index (χ0n) is 9.31. The molecule has 1 heteroatoms. The molecule has 0 saturated heterocycles. The second-order valence-electron chi connectivity index (χ2n) is 3.48. The van der Waals surface area contributed by atoms with Gasteiger partial charge in [0.25, 0.3) is 0 Å². The van der Waals surface area contributed by atoms with Crippen molar-refractivity contribution in [1.29, 1.82) is 0 Å². The smallest absolute Gasteiger partial charge is 0.0347 e. The Bertz CT molecular complexity index is 108. The van der Waals surface area contributed by atoms with E-state index in [9.17, 15) is 0 Å². The lowest BCUT2D eigenvalue weighted by Crippen LogP contribution is -1.81. The van der Waals surface area contributed by atoms with Gasteiger partial charge in [0.15, 0.2) is 0 Å². The van der Waals surface area contributed by atoms with Crippen LogP contribution >= 0.6 is 8.58 Å². The van der Waals surface area contributed by atoms with Gasteiger partial charge in [0.2, 0.25) is 0 Å². The molecule has 0 bridgehead atoms. The third-order valence-electron chi connectivity index (χ3n) is 2.08. The van der Waals surface area contributed by atoms with Crippen LogP contribution in [0.2, 0.25) is 0 Å². The van der Waals surface area contributed by atoms with E-state index < -0.39 is 0 Å². The van der Waals surface area contributed by atoms with E-state index in [1.165, 1.54) is 59.4 Å². The summed E-state index contributed by atoms with van der Waals surface area (Å²) in [6.45, 7) is 4.47. The highest BCUT2D eigenvalue weighted by atomic mass is 31.1. The molecule has 0 spiro atoms.